The van der Waals surface area contributed by atoms with E-state index in [4.69, 9.17) is 9.47 Å². The molecule has 0 saturated heterocycles. The zero-order valence-electron chi connectivity index (χ0n) is 10.8. The van der Waals surface area contributed by atoms with Gasteiger partial charge in [-0.1, -0.05) is 0 Å². The van der Waals surface area contributed by atoms with Crippen molar-refractivity contribution in [2.24, 2.45) is 0 Å². The van der Waals surface area contributed by atoms with Gasteiger partial charge in [-0.2, -0.15) is 24.7 Å². The number of rotatable bonds is 7. The Bertz CT molecular complexity index is 503. The number of hydrogen-bond donors (Lipinski definition) is 1. The van der Waals surface area contributed by atoms with E-state index in [2.05, 4.69) is 30.4 Å². The van der Waals surface area contributed by atoms with Crippen LogP contribution in [-0.2, 0) is 4.74 Å². The fourth-order valence-electron chi connectivity index (χ4n) is 1.30. The van der Waals surface area contributed by atoms with Crippen LogP contribution in [0.3, 0.4) is 0 Å². The molecule has 2 aromatic rings. The quantitative estimate of drug-likeness (QED) is 0.693. The average Bonchev–Trinajstić information content (AvgIpc) is 2.97. The number of ether oxygens (including phenoxy) is 2. The van der Waals surface area contributed by atoms with E-state index in [1.165, 1.54) is 17.3 Å². The monoisotopic (exact) mass is 265 g/mol. The number of methoxy groups -OCH3 is 1. The number of hydrogen-bond acceptors (Lipinski definition) is 8. The van der Waals surface area contributed by atoms with E-state index < -0.39 is 0 Å². The third kappa shape index (κ3) is 3.58. The average molecular weight is 265 g/mol. The van der Waals surface area contributed by atoms with Crippen LogP contribution in [0.4, 0.5) is 5.95 Å². The van der Waals surface area contributed by atoms with Crippen molar-refractivity contribution in [2.75, 3.05) is 32.7 Å². The van der Waals surface area contributed by atoms with Gasteiger partial charge in [0.05, 0.1) is 6.61 Å². The van der Waals surface area contributed by atoms with Gasteiger partial charge in [0.2, 0.25) is 5.95 Å². The second-order valence-electron chi connectivity index (χ2n) is 3.53. The summed E-state index contributed by atoms with van der Waals surface area (Å²) in [6, 6.07) is 0.237. The van der Waals surface area contributed by atoms with Crippen molar-refractivity contribution < 1.29 is 9.47 Å². The van der Waals surface area contributed by atoms with Crippen LogP contribution in [-0.4, -0.2) is 57.1 Å². The van der Waals surface area contributed by atoms with Gasteiger partial charge in [0, 0.05) is 27.2 Å². The van der Waals surface area contributed by atoms with Crippen LogP contribution < -0.4 is 10.1 Å². The van der Waals surface area contributed by atoms with Gasteiger partial charge < -0.3 is 14.8 Å². The SMILES string of the molecule is CNc1nc(OCCCOC)nc(-n2cncn2)n1. The number of aromatic nitrogens is 6. The number of nitrogens with one attached hydrogen (secondary N) is 1. The summed E-state index contributed by atoms with van der Waals surface area (Å²) in [5.74, 6) is 0.751. The fourth-order valence-corrected chi connectivity index (χ4v) is 1.30. The van der Waals surface area contributed by atoms with E-state index in [9.17, 15) is 0 Å². The lowest BCUT2D eigenvalue weighted by atomic mass is 10.5. The highest BCUT2D eigenvalue weighted by Crippen LogP contribution is 2.09. The Morgan fingerprint density at radius 1 is 1.26 bits per heavy atom. The second-order valence-corrected chi connectivity index (χ2v) is 3.53. The minimum Gasteiger partial charge on any atom is -0.463 e. The number of nitrogens with zero attached hydrogens (tertiary/aromatic N) is 6. The molecule has 0 bridgehead atoms. The summed E-state index contributed by atoms with van der Waals surface area (Å²) >= 11 is 0. The van der Waals surface area contributed by atoms with Crippen molar-refractivity contribution >= 4 is 5.95 Å². The molecule has 0 aromatic carbocycles. The van der Waals surface area contributed by atoms with Crippen molar-refractivity contribution in [3.8, 4) is 12.0 Å². The molecule has 0 aliphatic carbocycles. The summed E-state index contributed by atoms with van der Waals surface area (Å²) < 4.78 is 11.8. The second kappa shape index (κ2) is 6.59. The molecule has 1 N–H and O–H groups in total. The van der Waals surface area contributed by atoms with Crippen LogP contribution in [0, 0.1) is 0 Å². The fraction of sp³-hybridized carbons (Fsp3) is 0.500. The highest BCUT2D eigenvalue weighted by molar-refractivity contribution is 5.28. The van der Waals surface area contributed by atoms with Crippen molar-refractivity contribution in [1.29, 1.82) is 0 Å². The Balaban J connectivity index is 2.12. The summed E-state index contributed by atoms with van der Waals surface area (Å²) in [6.07, 6.45) is 3.67. The normalized spacial score (nSPS) is 10.4. The third-order valence-corrected chi connectivity index (χ3v) is 2.17. The molecule has 0 radical (unpaired) electrons. The maximum Gasteiger partial charge on any atom is 0.323 e. The Kier molecular flexibility index (Phi) is 4.56. The van der Waals surface area contributed by atoms with Gasteiger partial charge in [0.1, 0.15) is 12.7 Å². The summed E-state index contributed by atoms with van der Waals surface area (Å²) in [4.78, 5) is 16.3. The predicted octanol–water partition coefficient (Wildman–Crippen LogP) is -0.0907. The number of anilines is 1. The Labute approximate surface area is 110 Å². The predicted molar refractivity (Wildman–Crippen MR) is 66.3 cm³/mol. The van der Waals surface area contributed by atoms with E-state index >= 15 is 0 Å². The van der Waals surface area contributed by atoms with Crippen LogP contribution >= 0.6 is 0 Å². The maximum absolute atomic E-state index is 5.45. The third-order valence-electron chi connectivity index (χ3n) is 2.17. The Morgan fingerprint density at radius 3 is 2.84 bits per heavy atom. The summed E-state index contributed by atoms with van der Waals surface area (Å²) in [6.45, 7) is 1.09. The smallest absolute Gasteiger partial charge is 0.323 e. The summed E-state index contributed by atoms with van der Waals surface area (Å²) in [5.41, 5.74) is 0. The molecule has 0 fully saturated rings. The van der Waals surface area contributed by atoms with Crippen LogP contribution in [0.15, 0.2) is 12.7 Å². The lowest BCUT2D eigenvalue weighted by Gasteiger charge is -2.07. The van der Waals surface area contributed by atoms with Crippen LogP contribution in [0.25, 0.3) is 5.95 Å². The molecule has 19 heavy (non-hydrogen) atoms. The van der Waals surface area contributed by atoms with E-state index in [-0.39, 0.29) is 6.01 Å². The molecule has 9 heteroatoms. The molecule has 0 aliphatic rings. The molecule has 0 atom stereocenters. The van der Waals surface area contributed by atoms with Gasteiger partial charge in [-0.15, -0.1) is 0 Å². The van der Waals surface area contributed by atoms with E-state index in [1.807, 2.05) is 0 Å². The zero-order chi connectivity index (χ0) is 13.5. The molecule has 0 unspecified atom stereocenters. The minimum atomic E-state index is 0.237. The zero-order valence-corrected chi connectivity index (χ0v) is 10.8. The van der Waals surface area contributed by atoms with E-state index in [0.717, 1.165) is 6.42 Å². The van der Waals surface area contributed by atoms with Crippen molar-refractivity contribution in [3.63, 3.8) is 0 Å². The Morgan fingerprint density at radius 2 is 2.16 bits per heavy atom. The minimum absolute atomic E-state index is 0.237. The van der Waals surface area contributed by atoms with Crippen molar-refractivity contribution in [3.05, 3.63) is 12.7 Å². The first kappa shape index (κ1) is 13.1. The van der Waals surface area contributed by atoms with Crippen molar-refractivity contribution in [2.45, 2.75) is 6.42 Å². The lowest BCUT2D eigenvalue weighted by molar-refractivity contribution is 0.168. The molecule has 9 nitrogen and oxygen atoms in total. The van der Waals surface area contributed by atoms with Crippen LogP contribution in [0.1, 0.15) is 6.42 Å². The topological polar surface area (TPSA) is 99.9 Å². The molecular weight excluding hydrogens is 250 g/mol. The first-order valence-corrected chi connectivity index (χ1v) is 5.74. The van der Waals surface area contributed by atoms with Gasteiger partial charge >= 0.3 is 6.01 Å². The molecule has 2 aromatic heterocycles. The summed E-state index contributed by atoms with van der Waals surface area (Å²) in [5, 5.41) is 6.81. The first-order chi connectivity index (χ1) is 9.33. The molecule has 2 heterocycles. The van der Waals surface area contributed by atoms with Gasteiger partial charge in [0.15, 0.2) is 0 Å². The largest absolute Gasteiger partial charge is 0.463 e. The molecule has 0 saturated carbocycles. The van der Waals surface area contributed by atoms with Crippen LogP contribution in [0.2, 0.25) is 0 Å². The van der Waals surface area contributed by atoms with E-state index in [1.54, 1.807) is 14.2 Å². The van der Waals surface area contributed by atoms with E-state index in [0.29, 0.717) is 25.1 Å². The molecule has 2 rings (SSSR count). The van der Waals surface area contributed by atoms with Crippen LogP contribution in [0.5, 0.6) is 6.01 Å². The molecule has 0 aliphatic heterocycles. The lowest BCUT2D eigenvalue weighted by Crippen LogP contribution is -2.10. The molecule has 0 amide bonds. The van der Waals surface area contributed by atoms with Gasteiger partial charge in [-0.25, -0.2) is 4.98 Å². The van der Waals surface area contributed by atoms with Gasteiger partial charge in [0.25, 0.3) is 5.95 Å². The van der Waals surface area contributed by atoms with Gasteiger partial charge in [-0.3, -0.25) is 0 Å². The van der Waals surface area contributed by atoms with Crippen molar-refractivity contribution in [1.82, 2.24) is 29.7 Å². The standard InChI is InChI=1S/C10H15N7O2/c1-11-8-14-9(17-7-12-6-13-17)16-10(15-8)19-5-3-4-18-2/h6-7H,3-5H2,1-2H3,(H,11,14,15,16). The molecular formula is C10H15N7O2. The molecule has 102 valence electrons. The highest BCUT2D eigenvalue weighted by atomic mass is 16.5. The molecule has 0 spiro atoms. The highest BCUT2D eigenvalue weighted by Gasteiger charge is 2.08. The maximum atomic E-state index is 5.45. The summed E-state index contributed by atoms with van der Waals surface area (Å²) in [7, 11) is 3.36. The van der Waals surface area contributed by atoms with Gasteiger partial charge in [-0.05, 0) is 0 Å². The first-order valence-electron chi connectivity index (χ1n) is 5.74. The Hall–Kier alpha value is -2.29.